The summed E-state index contributed by atoms with van der Waals surface area (Å²) in [6.45, 7) is 5.48. The first kappa shape index (κ1) is 24.1. The Morgan fingerprint density at radius 3 is 2.80 bits per heavy atom. The predicted molar refractivity (Wildman–Crippen MR) is 128 cm³/mol. The van der Waals surface area contributed by atoms with Crippen molar-refractivity contribution in [3.05, 3.63) is 53.9 Å². The Morgan fingerprint density at radius 1 is 1.30 bits per heavy atom. The van der Waals surface area contributed by atoms with Crippen molar-refractivity contribution in [2.45, 2.75) is 19.4 Å². The molecule has 2 N–H and O–H groups in total. The Kier molecular flexibility index (Phi) is 10.1. The number of aliphatic imine (C=N–C) groups is 1. The highest BCUT2D eigenvalue weighted by atomic mass is 127. The van der Waals surface area contributed by atoms with Crippen LogP contribution in [-0.2, 0) is 23.0 Å². The number of hydrogen-bond acceptors (Lipinski definition) is 4. The highest BCUT2D eigenvalue weighted by molar-refractivity contribution is 14.0. The van der Waals surface area contributed by atoms with E-state index in [4.69, 9.17) is 4.74 Å². The molecule has 0 saturated carbocycles. The number of aromatic nitrogens is 2. The summed E-state index contributed by atoms with van der Waals surface area (Å²) < 4.78 is 7.67. The minimum absolute atomic E-state index is 0. The number of morpholine rings is 1. The van der Waals surface area contributed by atoms with E-state index in [0.29, 0.717) is 19.7 Å². The molecule has 1 atom stereocenters. The normalized spacial score (nSPS) is 16.7. The third kappa shape index (κ3) is 7.28. The van der Waals surface area contributed by atoms with Gasteiger partial charge in [-0.15, -0.1) is 24.0 Å². The zero-order valence-corrected chi connectivity index (χ0v) is 19.9. The molecule has 2 aromatic rings. The monoisotopic (exact) mass is 526 g/mol. The van der Waals surface area contributed by atoms with Gasteiger partial charge in [-0.2, -0.15) is 5.10 Å². The van der Waals surface area contributed by atoms with Gasteiger partial charge in [0.1, 0.15) is 12.6 Å². The molecule has 1 aliphatic rings. The molecule has 164 valence electrons. The molecule has 0 radical (unpaired) electrons. The smallest absolute Gasteiger partial charge is 0.241 e. The number of hydrogen-bond donors (Lipinski definition) is 2. The Bertz CT molecular complexity index is 811. The number of rotatable bonds is 7. The summed E-state index contributed by atoms with van der Waals surface area (Å²) >= 11 is 0. The second-order valence-electron chi connectivity index (χ2n) is 7.01. The fourth-order valence-electron chi connectivity index (χ4n) is 3.27. The van der Waals surface area contributed by atoms with Crippen LogP contribution in [0.5, 0.6) is 0 Å². The Labute approximate surface area is 195 Å². The molecule has 0 bridgehead atoms. The number of amides is 1. The summed E-state index contributed by atoms with van der Waals surface area (Å²) in [5, 5.41) is 10.5. The van der Waals surface area contributed by atoms with Crippen molar-refractivity contribution in [3.63, 3.8) is 0 Å². The minimum Gasteiger partial charge on any atom is -0.370 e. The van der Waals surface area contributed by atoms with Crippen LogP contribution in [0.1, 0.15) is 24.2 Å². The van der Waals surface area contributed by atoms with Gasteiger partial charge in [0, 0.05) is 38.4 Å². The molecule has 1 fully saturated rings. The van der Waals surface area contributed by atoms with E-state index < -0.39 is 0 Å². The number of carbonyl (C=O) groups is 1. The molecule has 1 aliphatic heterocycles. The van der Waals surface area contributed by atoms with Crippen molar-refractivity contribution in [1.29, 1.82) is 0 Å². The lowest BCUT2D eigenvalue weighted by molar-refractivity contribution is -0.119. The van der Waals surface area contributed by atoms with Gasteiger partial charge in [-0.3, -0.25) is 9.48 Å². The number of carbonyl (C=O) groups excluding carboxylic acids is 1. The first-order valence-electron chi connectivity index (χ1n) is 10.1. The van der Waals surface area contributed by atoms with Crippen LogP contribution in [0, 0.1) is 0 Å². The maximum absolute atomic E-state index is 12.2. The summed E-state index contributed by atoms with van der Waals surface area (Å²) in [7, 11) is 1.89. The van der Waals surface area contributed by atoms with Crippen molar-refractivity contribution in [2.24, 2.45) is 12.0 Å². The van der Waals surface area contributed by atoms with E-state index in [1.165, 1.54) is 5.56 Å². The van der Waals surface area contributed by atoms with Crippen LogP contribution < -0.4 is 10.6 Å². The van der Waals surface area contributed by atoms with Gasteiger partial charge in [-0.25, -0.2) is 4.99 Å². The van der Waals surface area contributed by atoms with Crippen LogP contribution in [0.15, 0.2) is 47.7 Å². The quantitative estimate of drug-likeness (QED) is 0.327. The van der Waals surface area contributed by atoms with E-state index in [1.807, 2.05) is 44.6 Å². The molecule has 1 aromatic heterocycles. The van der Waals surface area contributed by atoms with Gasteiger partial charge in [-0.05, 0) is 18.9 Å². The molecule has 30 heavy (non-hydrogen) atoms. The van der Waals surface area contributed by atoms with Crippen LogP contribution in [0.25, 0.3) is 0 Å². The maximum atomic E-state index is 12.2. The van der Waals surface area contributed by atoms with E-state index in [-0.39, 0.29) is 42.5 Å². The minimum atomic E-state index is -0.0756. The molecule has 1 unspecified atom stereocenters. The van der Waals surface area contributed by atoms with Crippen molar-refractivity contribution in [3.8, 4) is 0 Å². The van der Waals surface area contributed by atoms with E-state index >= 15 is 0 Å². The molecule has 1 amide bonds. The van der Waals surface area contributed by atoms with E-state index in [2.05, 4.69) is 37.8 Å². The zero-order valence-electron chi connectivity index (χ0n) is 17.6. The molecule has 0 spiro atoms. The molecule has 8 nitrogen and oxygen atoms in total. The second kappa shape index (κ2) is 12.5. The maximum Gasteiger partial charge on any atom is 0.241 e. The van der Waals surface area contributed by atoms with Crippen molar-refractivity contribution < 1.29 is 9.53 Å². The average Bonchev–Trinajstić information content (AvgIpc) is 3.18. The third-order valence-electron chi connectivity index (χ3n) is 4.75. The van der Waals surface area contributed by atoms with E-state index in [9.17, 15) is 4.79 Å². The molecular weight excluding hydrogens is 495 g/mol. The second-order valence-corrected chi connectivity index (χ2v) is 7.01. The first-order valence-corrected chi connectivity index (χ1v) is 10.1. The topological polar surface area (TPSA) is 83.8 Å². The van der Waals surface area contributed by atoms with Gasteiger partial charge in [0.15, 0.2) is 5.96 Å². The summed E-state index contributed by atoms with van der Waals surface area (Å²) in [4.78, 5) is 18.9. The van der Waals surface area contributed by atoms with Gasteiger partial charge in [-0.1, -0.05) is 30.3 Å². The van der Waals surface area contributed by atoms with Crippen LogP contribution >= 0.6 is 24.0 Å². The lowest BCUT2D eigenvalue weighted by Crippen LogP contribution is -2.48. The molecule has 2 heterocycles. The summed E-state index contributed by atoms with van der Waals surface area (Å²) in [5.41, 5.74) is 2.26. The van der Waals surface area contributed by atoms with Crippen LogP contribution in [0.3, 0.4) is 0 Å². The van der Waals surface area contributed by atoms with Gasteiger partial charge < -0.3 is 20.3 Å². The summed E-state index contributed by atoms with van der Waals surface area (Å²) in [6, 6.07) is 10.1. The highest BCUT2D eigenvalue weighted by Gasteiger charge is 2.25. The van der Waals surface area contributed by atoms with E-state index in [0.717, 1.165) is 31.0 Å². The zero-order chi connectivity index (χ0) is 20.5. The first-order chi connectivity index (χ1) is 14.2. The van der Waals surface area contributed by atoms with Crippen LogP contribution in [0.2, 0.25) is 0 Å². The fraction of sp³-hybridized carbons (Fsp3) is 0.476. The lowest BCUT2D eigenvalue weighted by atomic mass is 10.1. The predicted octanol–water partition coefficient (Wildman–Crippen LogP) is 1.74. The van der Waals surface area contributed by atoms with Crippen molar-refractivity contribution in [1.82, 2.24) is 25.3 Å². The summed E-state index contributed by atoms with van der Waals surface area (Å²) in [5.74, 6) is 0.663. The molecule has 3 rings (SSSR count). The number of ether oxygens (including phenoxy) is 1. The van der Waals surface area contributed by atoms with Crippen molar-refractivity contribution in [2.75, 3.05) is 39.3 Å². The number of nitrogens with one attached hydrogen (secondary N) is 2. The van der Waals surface area contributed by atoms with Crippen LogP contribution in [0.4, 0.5) is 0 Å². The van der Waals surface area contributed by atoms with Gasteiger partial charge in [0.25, 0.3) is 0 Å². The molecule has 0 aliphatic carbocycles. The van der Waals surface area contributed by atoms with Gasteiger partial charge in [0.2, 0.25) is 5.91 Å². The van der Waals surface area contributed by atoms with Crippen LogP contribution in [-0.4, -0.2) is 65.9 Å². The fourth-order valence-corrected chi connectivity index (χ4v) is 3.27. The number of nitrogens with zero attached hydrogens (tertiary/aromatic N) is 4. The number of guanidine groups is 1. The molecule has 1 aromatic carbocycles. The third-order valence-corrected chi connectivity index (χ3v) is 4.75. The Hall–Kier alpha value is -2.14. The largest absolute Gasteiger partial charge is 0.370 e. The van der Waals surface area contributed by atoms with Gasteiger partial charge in [0.05, 0.1) is 19.3 Å². The molecule has 1 saturated heterocycles. The Balaban J connectivity index is 0.00000320. The summed E-state index contributed by atoms with van der Waals surface area (Å²) in [6.07, 6.45) is 4.56. The number of benzene rings is 1. The number of halogens is 1. The standard InChI is InChI=1S/C21H30N6O2.HI/c1-3-22-21(24-14-20(28)23-10-9-17-7-5-4-6-8-17)27-11-12-29-19(16-27)18-13-25-26(2)15-18;/h4-8,13,15,19H,3,9-12,14,16H2,1-2H3,(H,22,24)(H,23,28);1H. The SMILES string of the molecule is CCNC(=NCC(=O)NCCc1ccccc1)N1CCOC(c2cnn(C)c2)C1.I. The molecule has 9 heteroatoms. The lowest BCUT2D eigenvalue weighted by Gasteiger charge is -2.34. The molecular formula is C21H31IN6O2. The van der Waals surface area contributed by atoms with Gasteiger partial charge >= 0.3 is 0 Å². The number of aryl methyl sites for hydroxylation is 1. The highest BCUT2D eigenvalue weighted by Crippen LogP contribution is 2.21. The van der Waals surface area contributed by atoms with E-state index in [1.54, 1.807) is 4.68 Å². The van der Waals surface area contributed by atoms with Crippen molar-refractivity contribution >= 4 is 35.8 Å². The Morgan fingerprint density at radius 2 is 2.10 bits per heavy atom. The average molecular weight is 526 g/mol.